The second-order valence-electron chi connectivity index (χ2n) is 4.97. The number of ether oxygens (including phenoxy) is 1. The number of halogens is 3. The van der Waals surface area contributed by atoms with Gasteiger partial charge in [-0.15, -0.1) is 5.10 Å². The molecule has 0 radical (unpaired) electrons. The highest BCUT2D eigenvalue weighted by Gasteiger charge is 2.34. The molecular weight excluding hydrogens is 323 g/mol. The van der Waals surface area contributed by atoms with Gasteiger partial charge in [-0.3, -0.25) is 0 Å². The summed E-state index contributed by atoms with van der Waals surface area (Å²) >= 11 is 0. The lowest BCUT2D eigenvalue weighted by atomic mass is 9.96. The van der Waals surface area contributed by atoms with Gasteiger partial charge in [-0.25, -0.2) is 5.10 Å². The fourth-order valence-corrected chi connectivity index (χ4v) is 2.38. The van der Waals surface area contributed by atoms with Gasteiger partial charge in [0.2, 0.25) is 0 Å². The molecule has 0 saturated carbocycles. The highest BCUT2D eigenvalue weighted by molar-refractivity contribution is 5.83. The number of aromatic nitrogens is 4. The topological polar surface area (TPSA) is 89.7 Å². The smallest absolute Gasteiger partial charge is 0.419 e. The number of methoxy groups -OCH3 is 1. The average molecular weight is 335 g/mol. The van der Waals surface area contributed by atoms with Gasteiger partial charge in [-0.1, -0.05) is 12.1 Å². The van der Waals surface area contributed by atoms with Crippen LogP contribution in [0, 0.1) is 0 Å². The minimum Gasteiger partial charge on any atom is -0.496 e. The zero-order valence-corrected chi connectivity index (χ0v) is 12.4. The summed E-state index contributed by atoms with van der Waals surface area (Å²) in [6.07, 6.45) is -4.54. The van der Waals surface area contributed by atoms with Gasteiger partial charge in [0.25, 0.3) is 0 Å². The normalized spacial score (nSPS) is 11.5. The van der Waals surface area contributed by atoms with E-state index in [4.69, 9.17) is 10.5 Å². The Morgan fingerprint density at radius 2 is 1.88 bits per heavy atom. The molecule has 124 valence electrons. The molecule has 0 amide bonds. The molecule has 1 heterocycles. The molecule has 9 heteroatoms. The van der Waals surface area contributed by atoms with E-state index in [-0.39, 0.29) is 5.75 Å². The van der Waals surface area contributed by atoms with Gasteiger partial charge in [0, 0.05) is 11.3 Å². The molecule has 0 bridgehead atoms. The number of alkyl halides is 3. The van der Waals surface area contributed by atoms with Gasteiger partial charge >= 0.3 is 6.18 Å². The number of H-pyrrole nitrogens is 1. The van der Waals surface area contributed by atoms with Crippen molar-refractivity contribution in [2.24, 2.45) is 0 Å². The van der Waals surface area contributed by atoms with E-state index < -0.39 is 11.7 Å². The van der Waals surface area contributed by atoms with E-state index in [0.29, 0.717) is 28.2 Å². The first-order chi connectivity index (χ1) is 11.4. The summed E-state index contributed by atoms with van der Waals surface area (Å²) in [6, 6.07) is 8.64. The molecule has 3 rings (SSSR count). The van der Waals surface area contributed by atoms with Gasteiger partial charge in [0.15, 0.2) is 5.82 Å². The molecule has 2 aromatic carbocycles. The summed E-state index contributed by atoms with van der Waals surface area (Å²) in [5.74, 6) is 0.0613. The van der Waals surface area contributed by atoms with Crippen LogP contribution in [0.4, 0.5) is 18.9 Å². The Labute approximate surface area is 134 Å². The number of nitrogens with zero attached hydrogens (tertiary/aromatic N) is 3. The lowest BCUT2D eigenvalue weighted by molar-refractivity contribution is -0.138. The van der Waals surface area contributed by atoms with Gasteiger partial charge in [0.05, 0.1) is 12.7 Å². The molecule has 0 saturated heterocycles. The summed E-state index contributed by atoms with van der Waals surface area (Å²) in [6.45, 7) is 0. The Hall–Kier alpha value is -3.10. The van der Waals surface area contributed by atoms with Crippen molar-refractivity contribution in [1.82, 2.24) is 20.6 Å². The van der Waals surface area contributed by atoms with E-state index in [1.165, 1.54) is 19.2 Å². The predicted molar refractivity (Wildman–Crippen MR) is 81.0 cm³/mol. The standard InChI is InChI=1S/C15H12F3N5O/c1-24-13-5-2-8(6-12(13)15(16,17)18)10-4-3-9(19)7-11(10)14-20-22-23-21-14/h2-7H,19H2,1H3,(H,20,21,22,23). The van der Waals surface area contributed by atoms with Gasteiger partial charge < -0.3 is 10.5 Å². The van der Waals surface area contributed by atoms with Crippen molar-refractivity contribution >= 4 is 5.69 Å². The minimum atomic E-state index is -4.54. The summed E-state index contributed by atoms with van der Waals surface area (Å²) < 4.78 is 44.5. The SMILES string of the molecule is COc1ccc(-c2ccc(N)cc2-c2nnn[nH]2)cc1C(F)(F)F. The Bertz CT molecular complexity index is 862. The first-order valence-electron chi connectivity index (χ1n) is 6.79. The fraction of sp³-hybridized carbons (Fsp3) is 0.133. The number of benzene rings is 2. The second kappa shape index (κ2) is 5.84. The van der Waals surface area contributed by atoms with Crippen LogP contribution in [0.15, 0.2) is 36.4 Å². The summed E-state index contributed by atoms with van der Waals surface area (Å²) in [7, 11) is 1.19. The van der Waals surface area contributed by atoms with Crippen LogP contribution in [0.1, 0.15) is 5.56 Å². The van der Waals surface area contributed by atoms with Crippen molar-refractivity contribution in [3.05, 3.63) is 42.0 Å². The third kappa shape index (κ3) is 2.87. The van der Waals surface area contributed by atoms with Crippen LogP contribution in [-0.4, -0.2) is 27.7 Å². The Balaban J connectivity index is 2.20. The van der Waals surface area contributed by atoms with Crippen molar-refractivity contribution in [3.63, 3.8) is 0 Å². The number of nitrogens with two attached hydrogens (primary N) is 1. The number of anilines is 1. The summed E-state index contributed by atoms with van der Waals surface area (Å²) in [5.41, 5.74) is 6.70. The molecule has 3 N–H and O–H groups in total. The van der Waals surface area contributed by atoms with E-state index in [2.05, 4.69) is 20.6 Å². The number of tetrazole rings is 1. The number of aromatic amines is 1. The molecule has 0 spiro atoms. The van der Waals surface area contributed by atoms with E-state index in [0.717, 1.165) is 6.07 Å². The van der Waals surface area contributed by atoms with Crippen molar-refractivity contribution in [2.75, 3.05) is 12.8 Å². The Morgan fingerprint density at radius 3 is 2.50 bits per heavy atom. The molecule has 0 aliphatic rings. The maximum atomic E-state index is 13.2. The van der Waals surface area contributed by atoms with E-state index in [1.807, 2.05) is 0 Å². The zero-order valence-electron chi connectivity index (χ0n) is 12.4. The molecular formula is C15H12F3N5O. The molecule has 0 atom stereocenters. The number of nitrogen functional groups attached to an aromatic ring is 1. The van der Waals surface area contributed by atoms with E-state index >= 15 is 0 Å². The highest BCUT2D eigenvalue weighted by atomic mass is 19.4. The molecule has 1 aromatic heterocycles. The monoisotopic (exact) mass is 335 g/mol. The zero-order chi connectivity index (χ0) is 17.3. The van der Waals surface area contributed by atoms with Crippen molar-refractivity contribution in [3.8, 4) is 28.3 Å². The Morgan fingerprint density at radius 1 is 1.08 bits per heavy atom. The molecule has 0 unspecified atom stereocenters. The van der Waals surface area contributed by atoms with Crippen LogP contribution in [-0.2, 0) is 6.18 Å². The van der Waals surface area contributed by atoms with Gasteiger partial charge in [-0.2, -0.15) is 13.2 Å². The first-order valence-corrected chi connectivity index (χ1v) is 6.79. The Kier molecular flexibility index (Phi) is 3.84. The minimum absolute atomic E-state index is 0.246. The molecule has 0 aliphatic heterocycles. The largest absolute Gasteiger partial charge is 0.496 e. The summed E-state index contributed by atoms with van der Waals surface area (Å²) in [5, 5.41) is 13.4. The van der Waals surface area contributed by atoms with Crippen LogP contribution >= 0.6 is 0 Å². The number of hydrogen-bond acceptors (Lipinski definition) is 5. The van der Waals surface area contributed by atoms with Crippen LogP contribution in [0.2, 0.25) is 0 Å². The second-order valence-corrected chi connectivity index (χ2v) is 4.97. The first kappa shape index (κ1) is 15.8. The molecule has 3 aromatic rings. The maximum Gasteiger partial charge on any atom is 0.419 e. The lowest BCUT2D eigenvalue weighted by Crippen LogP contribution is -2.07. The molecule has 0 aliphatic carbocycles. The van der Waals surface area contributed by atoms with Crippen molar-refractivity contribution < 1.29 is 17.9 Å². The molecule has 24 heavy (non-hydrogen) atoms. The predicted octanol–water partition coefficient (Wildman–Crippen LogP) is 3.14. The number of nitrogens with one attached hydrogen (secondary N) is 1. The lowest BCUT2D eigenvalue weighted by Gasteiger charge is -2.15. The number of rotatable bonds is 3. The third-order valence-corrected chi connectivity index (χ3v) is 3.46. The molecule has 6 nitrogen and oxygen atoms in total. The van der Waals surface area contributed by atoms with Crippen molar-refractivity contribution in [1.29, 1.82) is 0 Å². The highest BCUT2D eigenvalue weighted by Crippen LogP contribution is 2.40. The van der Waals surface area contributed by atoms with E-state index in [9.17, 15) is 13.2 Å². The van der Waals surface area contributed by atoms with Crippen LogP contribution < -0.4 is 10.5 Å². The van der Waals surface area contributed by atoms with Gasteiger partial charge in [-0.05, 0) is 45.8 Å². The molecule has 0 fully saturated rings. The number of hydrogen-bond donors (Lipinski definition) is 2. The fourth-order valence-electron chi connectivity index (χ4n) is 2.38. The van der Waals surface area contributed by atoms with Crippen LogP contribution in [0.5, 0.6) is 5.75 Å². The van der Waals surface area contributed by atoms with Gasteiger partial charge in [0.1, 0.15) is 5.75 Å². The van der Waals surface area contributed by atoms with Crippen molar-refractivity contribution in [2.45, 2.75) is 6.18 Å². The van der Waals surface area contributed by atoms with E-state index in [1.54, 1.807) is 18.2 Å². The summed E-state index contributed by atoms with van der Waals surface area (Å²) in [4.78, 5) is 0. The third-order valence-electron chi connectivity index (χ3n) is 3.46. The van der Waals surface area contributed by atoms with Crippen LogP contribution in [0.3, 0.4) is 0 Å². The average Bonchev–Trinajstić information content (AvgIpc) is 3.08. The maximum absolute atomic E-state index is 13.2. The van der Waals surface area contributed by atoms with Crippen LogP contribution in [0.25, 0.3) is 22.5 Å². The quantitative estimate of drug-likeness (QED) is 0.718.